The molecule has 0 bridgehead atoms. The van der Waals surface area contributed by atoms with Crippen molar-refractivity contribution in [2.24, 2.45) is 0 Å². The third-order valence-electron chi connectivity index (χ3n) is 5.44. The average molecular weight is 469 g/mol. The SMILES string of the molecule is Cc1sc2nc(CN3CCOCC3)nc(SCc3csc(-c4ccccc4)n3)c2c1C. The molecule has 8 heteroatoms. The lowest BCUT2D eigenvalue weighted by atomic mass is 10.2. The molecule has 1 aromatic carbocycles. The smallest absolute Gasteiger partial charge is 0.145 e. The highest BCUT2D eigenvalue weighted by atomic mass is 32.2. The molecule has 3 aromatic heterocycles. The van der Waals surface area contributed by atoms with E-state index in [1.807, 2.05) is 6.07 Å². The Balaban J connectivity index is 1.39. The summed E-state index contributed by atoms with van der Waals surface area (Å²) < 4.78 is 5.48. The fourth-order valence-electron chi connectivity index (χ4n) is 3.62. The normalized spacial score (nSPS) is 15.0. The Morgan fingerprint density at radius 3 is 2.68 bits per heavy atom. The molecule has 0 unspecified atom stereocenters. The number of nitrogens with zero attached hydrogens (tertiary/aromatic N) is 4. The van der Waals surface area contributed by atoms with E-state index >= 15 is 0 Å². The third-order valence-corrected chi connectivity index (χ3v) is 8.49. The Bertz CT molecular complexity index is 1180. The Labute approximate surface area is 194 Å². The molecule has 0 saturated carbocycles. The van der Waals surface area contributed by atoms with E-state index < -0.39 is 0 Å². The van der Waals surface area contributed by atoms with Gasteiger partial charge in [-0.3, -0.25) is 4.90 Å². The zero-order valence-corrected chi connectivity index (χ0v) is 20.1. The summed E-state index contributed by atoms with van der Waals surface area (Å²) in [6, 6.07) is 10.4. The largest absolute Gasteiger partial charge is 0.379 e. The highest BCUT2D eigenvalue weighted by Crippen LogP contribution is 2.37. The summed E-state index contributed by atoms with van der Waals surface area (Å²) in [4.78, 5) is 19.5. The van der Waals surface area contributed by atoms with Gasteiger partial charge in [-0.2, -0.15) is 0 Å². The fourth-order valence-corrected chi connectivity index (χ4v) is 6.66. The highest BCUT2D eigenvalue weighted by Gasteiger charge is 2.18. The van der Waals surface area contributed by atoms with Crippen molar-refractivity contribution in [1.82, 2.24) is 19.9 Å². The van der Waals surface area contributed by atoms with E-state index in [0.717, 1.165) is 65.0 Å². The number of aryl methyl sites for hydroxylation is 2. The topological polar surface area (TPSA) is 51.1 Å². The van der Waals surface area contributed by atoms with Gasteiger partial charge in [-0.25, -0.2) is 15.0 Å². The molecule has 0 spiro atoms. The molecule has 0 atom stereocenters. The summed E-state index contributed by atoms with van der Waals surface area (Å²) in [5.74, 6) is 1.71. The number of benzene rings is 1. The second-order valence-electron chi connectivity index (χ2n) is 7.60. The molecule has 0 radical (unpaired) electrons. The molecule has 4 aromatic rings. The Hall–Kier alpha value is -1.84. The highest BCUT2D eigenvalue weighted by molar-refractivity contribution is 7.98. The molecule has 4 heterocycles. The number of morpholine rings is 1. The van der Waals surface area contributed by atoms with Crippen LogP contribution < -0.4 is 0 Å². The molecule has 0 N–H and O–H groups in total. The van der Waals surface area contributed by atoms with Crippen molar-refractivity contribution >= 4 is 44.7 Å². The number of hydrogen-bond donors (Lipinski definition) is 0. The minimum absolute atomic E-state index is 0.776. The van der Waals surface area contributed by atoms with Gasteiger partial charge >= 0.3 is 0 Å². The van der Waals surface area contributed by atoms with E-state index in [9.17, 15) is 0 Å². The van der Waals surface area contributed by atoms with Gasteiger partial charge in [0.25, 0.3) is 0 Å². The van der Waals surface area contributed by atoms with Gasteiger partial charge in [-0.05, 0) is 19.4 Å². The number of fused-ring (bicyclic) bond motifs is 1. The van der Waals surface area contributed by atoms with Crippen molar-refractivity contribution in [3.63, 3.8) is 0 Å². The Morgan fingerprint density at radius 2 is 1.87 bits per heavy atom. The number of rotatable bonds is 6. The zero-order valence-electron chi connectivity index (χ0n) is 17.6. The first kappa shape index (κ1) is 21.0. The molecule has 5 rings (SSSR count). The first-order chi connectivity index (χ1) is 15.2. The monoisotopic (exact) mass is 468 g/mol. The van der Waals surface area contributed by atoms with Gasteiger partial charge < -0.3 is 4.74 Å². The molecule has 1 fully saturated rings. The van der Waals surface area contributed by atoms with Gasteiger partial charge in [0.2, 0.25) is 0 Å². The first-order valence-electron chi connectivity index (χ1n) is 10.4. The van der Waals surface area contributed by atoms with Crippen LogP contribution in [0, 0.1) is 13.8 Å². The number of aromatic nitrogens is 3. The van der Waals surface area contributed by atoms with E-state index in [4.69, 9.17) is 19.7 Å². The second kappa shape index (κ2) is 9.34. The van der Waals surface area contributed by atoms with Crippen molar-refractivity contribution < 1.29 is 4.74 Å². The van der Waals surface area contributed by atoms with Crippen LogP contribution in [0.1, 0.15) is 22.0 Å². The Morgan fingerprint density at radius 1 is 1.06 bits per heavy atom. The van der Waals surface area contributed by atoms with Crippen molar-refractivity contribution in [2.45, 2.75) is 31.2 Å². The van der Waals surface area contributed by atoms with E-state index in [1.165, 1.54) is 21.4 Å². The lowest BCUT2D eigenvalue weighted by Gasteiger charge is -2.25. The standard InChI is InChI=1S/C23H24N4OS3/c1-15-16(2)31-23-20(15)22(25-19(26-23)12-27-8-10-28-11-9-27)30-14-18-13-29-21(24-18)17-6-4-3-5-7-17/h3-7,13H,8-12,14H2,1-2H3. The molecule has 1 aliphatic heterocycles. The molecule has 31 heavy (non-hydrogen) atoms. The molecular weight excluding hydrogens is 444 g/mol. The van der Waals surface area contributed by atoms with Crippen molar-refractivity contribution in [1.29, 1.82) is 0 Å². The maximum atomic E-state index is 5.48. The predicted octanol–water partition coefficient (Wildman–Crippen LogP) is 5.56. The van der Waals surface area contributed by atoms with Gasteiger partial charge in [0.05, 0.1) is 25.5 Å². The molecule has 0 aliphatic carbocycles. The van der Waals surface area contributed by atoms with E-state index in [1.54, 1.807) is 34.4 Å². The maximum Gasteiger partial charge on any atom is 0.145 e. The summed E-state index contributed by atoms with van der Waals surface area (Å²) in [5, 5.41) is 5.51. The summed E-state index contributed by atoms with van der Waals surface area (Å²) in [6.45, 7) is 8.58. The summed E-state index contributed by atoms with van der Waals surface area (Å²) in [7, 11) is 0. The molecule has 160 valence electrons. The third kappa shape index (κ3) is 4.68. The van der Waals surface area contributed by atoms with Crippen molar-refractivity contribution in [2.75, 3.05) is 26.3 Å². The summed E-state index contributed by atoms with van der Waals surface area (Å²) >= 11 is 5.24. The van der Waals surface area contributed by atoms with Crippen LogP contribution in [0.5, 0.6) is 0 Å². The van der Waals surface area contributed by atoms with Crippen LogP contribution in [0.4, 0.5) is 0 Å². The fraction of sp³-hybridized carbons (Fsp3) is 0.348. The van der Waals surface area contributed by atoms with Crippen LogP contribution in [-0.2, 0) is 17.0 Å². The van der Waals surface area contributed by atoms with Gasteiger partial charge in [0.1, 0.15) is 20.7 Å². The minimum atomic E-state index is 0.776. The molecule has 5 nitrogen and oxygen atoms in total. The van der Waals surface area contributed by atoms with Gasteiger partial charge in [-0.15, -0.1) is 22.7 Å². The van der Waals surface area contributed by atoms with E-state index in [2.05, 4.69) is 48.4 Å². The van der Waals surface area contributed by atoms with Gasteiger partial charge in [0.15, 0.2) is 0 Å². The van der Waals surface area contributed by atoms with Crippen LogP contribution >= 0.6 is 34.4 Å². The quantitative estimate of drug-likeness (QED) is 0.273. The van der Waals surface area contributed by atoms with Crippen LogP contribution in [0.3, 0.4) is 0 Å². The van der Waals surface area contributed by atoms with Crippen LogP contribution in [-0.4, -0.2) is 46.2 Å². The second-order valence-corrected chi connectivity index (χ2v) is 10.6. The molecule has 1 saturated heterocycles. The van der Waals surface area contributed by atoms with Crippen LogP contribution in [0.15, 0.2) is 40.7 Å². The van der Waals surface area contributed by atoms with E-state index in [-0.39, 0.29) is 0 Å². The Kier molecular flexibility index (Phi) is 6.34. The molecule has 0 amide bonds. The minimum Gasteiger partial charge on any atom is -0.379 e. The number of thiophene rings is 1. The van der Waals surface area contributed by atoms with Crippen LogP contribution in [0.2, 0.25) is 0 Å². The molecular formula is C23H24N4OS3. The average Bonchev–Trinajstić information content (AvgIpc) is 3.38. The number of hydrogen-bond acceptors (Lipinski definition) is 8. The van der Waals surface area contributed by atoms with Gasteiger partial charge in [0, 0.05) is 40.0 Å². The predicted molar refractivity (Wildman–Crippen MR) is 130 cm³/mol. The maximum absolute atomic E-state index is 5.48. The summed E-state index contributed by atoms with van der Waals surface area (Å²) in [6.07, 6.45) is 0. The van der Waals surface area contributed by atoms with E-state index in [0.29, 0.717) is 0 Å². The van der Waals surface area contributed by atoms with Crippen molar-refractivity contribution in [3.05, 3.63) is 57.7 Å². The number of ether oxygens (including phenoxy) is 1. The zero-order chi connectivity index (χ0) is 21.2. The lowest BCUT2D eigenvalue weighted by Crippen LogP contribution is -2.36. The van der Waals surface area contributed by atoms with Crippen LogP contribution in [0.25, 0.3) is 20.8 Å². The number of thiazole rings is 1. The molecule has 1 aliphatic rings. The van der Waals surface area contributed by atoms with Crippen molar-refractivity contribution in [3.8, 4) is 10.6 Å². The summed E-state index contributed by atoms with van der Waals surface area (Å²) in [5.41, 5.74) is 3.56. The first-order valence-corrected chi connectivity index (χ1v) is 13.0. The number of thioether (sulfide) groups is 1. The lowest BCUT2D eigenvalue weighted by molar-refractivity contribution is 0.0330. The van der Waals surface area contributed by atoms with Gasteiger partial charge in [-0.1, -0.05) is 42.1 Å².